The maximum Gasteiger partial charge on any atom is 0.196 e. The van der Waals surface area contributed by atoms with Gasteiger partial charge in [0.05, 0.1) is 20.4 Å². The Morgan fingerprint density at radius 3 is 2.47 bits per heavy atom. The van der Waals surface area contributed by atoms with Gasteiger partial charge in [0.1, 0.15) is 17.1 Å². The van der Waals surface area contributed by atoms with E-state index in [0.717, 1.165) is 18.5 Å². The van der Waals surface area contributed by atoms with E-state index < -0.39 is 0 Å². The molecule has 0 radical (unpaired) electrons. The lowest BCUT2D eigenvalue weighted by molar-refractivity contribution is 0.393. The van der Waals surface area contributed by atoms with Gasteiger partial charge in [-0.15, -0.1) is 0 Å². The average molecular weight is 262 g/mol. The molecule has 2 rings (SSSR count). The van der Waals surface area contributed by atoms with E-state index in [4.69, 9.17) is 13.9 Å². The van der Waals surface area contributed by atoms with Crippen LogP contribution in [0, 0.1) is 0 Å². The zero-order valence-electron chi connectivity index (χ0n) is 11.4. The van der Waals surface area contributed by atoms with Gasteiger partial charge in [-0.2, -0.15) is 0 Å². The Bertz CT molecular complexity index is 515. The van der Waals surface area contributed by atoms with E-state index in [1.54, 1.807) is 20.4 Å². The van der Waals surface area contributed by atoms with Crippen molar-refractivity contribution in [1.82, 2.24) is 10.3 Å². The highest BCUT2D eigenvalue weighted by molar-refractivity contribution is 5.72. The molecule has 1 aromatic heterocycles. The highest BCUT2D eigenvalue weighted by Crippen LogP contribution is 2.38. The smallest absolute Gasteiger partial charge is 0.196 e. The topological polar surface area (TPSA) is 56.5 Å². The van der Waals surface area contributed by atoms with Gasteiger partial charge in [-0.3, -0.25) is 0 Å². The Morgan fingerprint density at radius 2 is 1.89 bits per heavy atom. The molecule has 0 aliphatic rings. The number of hydrogen-bond acceptors (Lipinski definition) is 5. The van der Waals surface area contributed by atoms with Crippen LogP contribution < -0.4 is 14.8 Å². The molecule has 1 heterocycles. The third-order valence-corrected chi connectivity index (χ3v) is 2.82. The van der Waals surface area contributed by atoms with Gasteiger partial charge in [0.15, 0.2) is 11.7 Å². The van der Waals surface area contributed by atoms with Crippen molar-refractivity contribution in [3.05, 3.63) is 30.3 Å². The van der Waals surface area contributed by atoms with Crippen LogP contribution in [0.5, 0.6) is 11.5 Å². The van der Waals surface area contributed by atoms with E-state index >= 15 is 0 Å². The molecule has 0 saturated carbocycles. The molecular weight excluding hydrogens is 244 g/mol. The van der Waals surface area contributed by atoms with Crippen molar-refractivity contribution in [3.63, 3.8) is 0 Å². The Morgan fingerprint density at radius 1 is 1.21 bits per heavy atom. The Hall–Kier alpha value is -2.01. The van der Waals surface area contributed by atoms with Crippen LogP contribution in [-0.4, -0.2) is 32.8 Å². The molecule has 5 heteroatoms. The van der Waals surface area contributed by atoms with Crippen LogP contribution in [-0.2, 0) is 6.42 Å². The van der Waals surface area contributed by atoms with Gasteiger partial charge in [0.25, 0.3) is 0 Å². The molecular formula is C14H18N2O3. The van der Waals surface area contributed by atoms with Gasteiger partial charge >= 0.3 is 0 Å². The van der Waals surface area contributed by atoms with E-state index in [2.05, 4.69) is 10.3 Å². The summed E-state index contributed by atoms with van der Waals surface area (Å²) in [5.41, 5.74) is 0.788. The first-order valence-corrected chi connectivity index (χ1v) is 6.10. The Labute approximate surface area is 112 Å². The van der Waals surface area contributed by atoms with Crippen molar-refractivity contribution in [1.29, 1.82) is 0 Å². The Balaban J connectivity index is 2.37. The van der Waals surface area contributed by atoms with E-state index in [-0.39, 0.29) is 0 Å². The number of hydrogen-bond donors (Lipinski definition) is 1. The van der Waals surface area contributed by atoms with Gasteiger partial charge in [-0.1, -0.05) is 6.07 Å². The normalized spacial score (nSPS) is 10.5. The quantitative estimate of drug-likeness (QED) is 0.864. The molecule has 102 valence electrons. The number of nitrogens with one attached hydrogen (secondary N) is 1. The molecule has 1 aromatic carbocycles. The zero-order chi connectivity index (χ0) is 13.7. The average Bonchev–Trinajstić information content (AvgIpc) is 2.92. The molecule has 2 aromatic rings. The highest BCUT2D eigenvalue weighted by Gasteiger charge is 2.16. The minimum atomic E-state index is 0.653. The number of methoxy groups -OCH3 is 2. The predicted molar refractivity (Wildman–Crippen MR) is 72.7 cm³/mol. The molecule has 0 spiro atoms. The van der Waals surface area contributed by atoms with Crippen LogP contribution in [0.2, 0.25) is 0 Å². The van der Waals surface area contributed by atoms with Gasteiger partial charge in [0.2, 0.25) is 0 Å². The van der Waals surface area contributed by atoms with Gasteiger partial charge in [-0.05, 0) is 19.2 Å². The van der Waals surface area contributed by atoms with Gasteiger partial charge in [0, 0.05) is 13.0 Å². The predicted octanol–water partition coefficient (Wildman–Crippen LogP) is 2.12. The van der Waals surface area contributed by atoms with E-state index in [1.165, 1.54) is 0 Å². The molecule has 0 fully saturated rings. The lowest BCUT2D eigenvalue weighted by atomic mass is 10.1. The summed E-state index contributed by atoms with van der Waals surface area (Å²) in [5, 5.41) is 3.06. The second-order valence-electron chi connectivity index (χ2n) is 4.01. The van der Waals surface area contributed by atoms with Crippen LogP contribution in [0.15, 0.2) is 28.8 Å². The lowest BCUT2D eigenvalue weighted by Crippen LogP contribution is -2.10. The Kier molecular flexibility index (Phi) is 4.41. The molecule has 0 amide bonds. The van der Waals surface area contributed by atoms with Crippen molar-refractivity contribution < 1.29 is 13.9 Å². The van der Waals surface area contributed by atoms with Crippen LogP contribution in [0.4, 0.5) is 0 Å². The molecule has 1 N–H and O–H groups in total. The van der Waals surface area contributed by atoms with Gasteiger partial charge in [-0.25, -0.2) is 4.98 Å². The number of benzene rings is 1. The molecule has 0 atom stereocenters. The summed E-state index contributed by atoms with van der Waals surface area (Å²) in [5.74, 6) is 2.75. The lowest BCUT2D eigenvalue weighted by Gasteiger charge is -2.10. The maximum atomic E-state index is 5.75. The number of aromatic nitrogens is 1. The molecule has 0 bridgehead atoms. The molecule has 19 heavy (non-hydrogen) atoms. The third kappa shape index (κ3) is 2.88. The first-order chi connectivity index (χ1) is 9.30. The van der Waals surface area contributed by atoms with Crippen LogP contribution in [0.3, 0.4) is 0 Å². The second kappa shape index (κ2) is 6.24. The van der Waals surface area contributed by atoms with Gasteiger partial charge < -0.3 is 19.2 Å². The van der Waals surface area contributed by atoms with Crippen molar-refractivity contribution in [2.24, 2.45) is 0 Å². The third-order valence-electron chi connectivity index (χ3n) is 2.82. The fourth-order valence-electron chi connectivity index (χ4n) is 1.87. The summed E-state index contributed by atoms with van der Waals surface area (Å²) in [6.07, 6.45) is 2.44. The van der Waals surface area contributed by atoms with Crippen LogP contribution >= 0.6 is 0 Å². The first-order valence-electron chi connectivity index (χ1n) is 6.10. The van der Waals surface area contributed by atoms with E-state index in [9.17, 15) is 0 Å². The largest absolute Gasteiger partial charge is 0.496 e. The summed E-state index contributed by atoms with van der Waals surface area (Å²) >= 11 is 0. The van der Waals surface area contributed by atoms with Crippen LogP contribution in [0.25, 0.3) is 11.3 Å². The first kappa shape index (κ1) is 13.4. The van der Waals surface area contributed by atoms with E-state index in [0.29, 0.717) is 23.1 Å². The molecule has 0 unspecified atom stereocenters. The monoisotopic (exact) mass is 262 g/mol. The zero-order valence-corrected chi connectivity index (χ0v) is 11.4. The summed E-state index contributed by atoms with van der Waals surface area (Å²) < 4.78 is 16.5. The molecule has 5 nitrogen and oxygen atoms in total. The number of oxazole rings is 1. The molecule has 0 saturated heterocycles. The fraction of sp³-hybridized carbons (Fsp3) is 0.357. The van der Waals surface area contributed by atoms with Crippen molar-refractivity contribution in [2.75, 3.05) is 27.8 Å². The summed E-state index contributed by atoms with van der Waals surface area (Å²) in [4.78, 5) is 4.26. The van der Waals surface area contributed by atoms with Crippen molar-refractivity contribution in [2.45, 2.75) is 6.42 Å². The molecule has 0 aliphatic heterocycles. The highest BCUT2D eigenvalue weighted by atomic mass is 16.5. The standard InChI is InChI=1S/C14H18N2O3/c1-15-8-7-13-16-9-12(19-13)14-10(17-2)5-4-6-11(14)18-3/h4-6,9,15H,7-8H2,1-3H3. The summed E-state index contributed by atoms with van der Waals surface area (Å²) in [7, 11) is 5.14. The number of rotatable bonds is 6. The SMILES string of the molecule is CNCCc1ncc(-c2c(OC)cccc2OC)o1. The second-order valence-corrected chi connectivity index (χ2v) is 4.01. The summed E-state index contributed by atoms with van der Waals surface area (Å²) in [6, 6.07) is 5.61. The maximum absolute atomic E-state index is 5.75. The van der Waals surface area contributed by atoms with E-state index in [1.807, 2.05) is 25.2 Å². The number of likely N-dealkylation sites (N-methyl/N-ethyl adjacent to an activating group) is 1. The minimum Gasteiger partial charge on any atom is -0.496 e. The minimum absolute atomic E-state index is 0.653. The van der Waals surface area contributed by atoms with Crippen LogP contribution in [0.1, 0.15) is 5.89 Å². The molecule has 0 aliphatic carbocycles. The fourth-order valence-corrected chi connectivity index (χ4v) is 1.87. The number of nitrogens with zero attached hydrogens (tertiary/aromatic N) is 1. The summed E-state index contributed by atoms with van der Waals surface area (Å²) in [6.45, 7) is 0.822. The number of ether oxygens (including phenoxy) is 2. The van der Waals surface area contributed by atoms with Crippen molar-refractivity contribution >= 4 is 0 Å². The van der Waals surface area contributed by atoms with Crippen molar-refractivity contribution in [3.8, 4) is 22.8 Å².